The number of nitrogens with zero attached hydrogens (tertiary/aromatic N) is 3. The van der Waals surface area contributed by atoms with Gasteiger partial charge in [0, 0.05) is 17.0 Å². The molecule has 1 amide bonds. The van der Waals surface area contributed by atoms with E-state index in [4.69, 9.17) is 16.3 Å². The molecule has 0 aliphatic carbocycles. The third-order valence-electron chi connectivity index (χ3n) is 5.15. The Balaban J connectivity index is 1.89. The Bertz CT molecular complexity index is 1600. The normalized spacial score (nSPS) is 13.7. The molecule has 37 heavy (non-hydrogen) atoms. The third-order valence-corrected chi connectivity index (χ3v) is 6.37. The number of alkyl halides is 3. The summed E-state index contributed by atoms with van der Waals surface area (Å²) in [5.41, 5.74) is 1.03. The quantitative estimate of drug-likeness (QED) is 0.507. The zero-order valence-electron chi connectivity index (χ0n) is 19.7. The van der Waals surface area contributed by atoms with Crippen LogP contribution in [0.15, 0.2) is 51.4 Å². The van der Waals surface area contributed by atoms with E-state index in [1.54, 1.807) is 39.0 Å². The lowest BCUT2D eigenvalue weighted by Crippen LogP contribution is -2.34. The van der Waals surface area contributed by atoms with Crippen LogP contribution in [0.1, 0.15) is 42.3 Å². The molecular weight excluding hydrogens is 533 g/mol. The van der Waals surface area contributed by atoms with E-state index in [1.165, 1.54) is 18.3 Å². The largest absolute Gasteiger partial charge is 0.492 e. The third kappa shape index (κ3) is 5.86. The minimum Gasteiger partial charge on any atom is -0.492 e. The number of halogens is 4. The Hall–Kier alpha value is -3.64. The molecule has 0 radical (unpaired) electrons. The van der Waals surface area contributed by atoms with Crippen LogP contribution < -0.4 is 20.9 Å². The van der Waals surface area contributed by atoms with Gasteiger partial charge in [-0.25, -0.2) is 10.2 Å². The molecule has 194 valence electrons. The lowest BCUT2D eigenvalue weighted by atomic mass is 9.96. The van der Waals surface area contributed by atoms with Crippen molar-refractivity contribution >= 4 is 40.8 Å². The van der Waals surface area contributed by atoms with E-state index in [-0.39, 0.29) is 27.5 Å². The first-order valence-corrected chi connectivity index (χ1v) is 12.0. The van der Waals surface area contributed by atoms with Gasteiger partial charge in [-0.2, -0.15) is 28.1 Å². The van der Waals surface area contributed by atoms with Crippen LogP contribution in [-0.4, -0.2) is 27.7 Å². The van der Waals surface area contributed by atoms with Gasteiger partial charge in [-0.1, -0.05) is 35.1 Å². The zero-order valence-corrected chi connectivity index (χ0v) is 21.3. The topological polar surface area (TPSA) is 105 Å². The SMILES string of the molecule is CC(C)(C)OC(=O)Nn1c(O)c(C(Cc2ccc(Cl)cc2C(F)(F)F)=c2ccc3c(c2)C=NN=3)sc1=O. The second kappa shape index (κ2) is 9.67. The molecule has 3 aromatic rings. The number of rotatable bonds is 4. The summed E-state index contributed by atoms with van der Waals surface area (Å²) >= 11 is 6.39. The van der Waals surface area contributed by atoms with E-state index < -0.39 is 34.2 Å². The summed E-state index contributed by atoms with van der Waals surface area (Å²) in [7, 11) is 0. The van der Waals surface area contributed by atoms with E-state index in [0.29, 0.717) is 32.2 Å². The molecule has 13 heteroatoms. The van der Waals surface area contributed by atoms with E-state index in [0.717, 1.165) is 6.07 Å². The van der Waals surface area contributed by atoms with Crippen LogP contribution in [0.25, 0.3) is 5.57 Å². The van der Waals surface area contributed by atoms with Crippen LogP contribution in [0.5, 0.6) is 5.88 Å². The van der Waals surface area contributed by atoms with Gasteiger partial charge in [0.15, 0.2) is 0 Å². The zero-order chi connectivity index (χ0) is 27.1. The molecule has 8 nitrogen and oxygen atoms in total. The highest BCUT2D eigenvalue weighted by Gasteiger charge is 2.34. The van der Waals surface area contributed by atoms with E-state index in [9.17, 15) is 27.9 Å². The molecule has 0 saturated carbocycles. The standard InChI is InChI=1S/C24H20ClF3N4O4S/c1-23(2,3)36-21(34)31-32-20(33)19(37-22(32)35)16(12-5-7-18-14(8-12)11-29-30-18)9-13-4-6-15(25)10-17(13)24(26,27)28/h4-8,10-11,33H,9H2,1-3H3,(H,31,34). The second-order valence-corrected chi connectivity index (χ2v) is 10.4. The number of aromatic hydroxyl groups is 1. The number of nitrogens with one attached hydrogen (secondary N) is 1. The Kier molecular flexibility index (Phi) is 6.91. The Morgan fingerprint density at radius 2 is 1.92 bits per heavy atom. The van der Waals surface area contributed by atoms with Crippen molar-refractivity contribution in [2.24, 2.45) is 10.2 Å². The maximum atomic E-state index is 13.8. The van der Waals surface area contributed by atoms with Crippen LogP contribution in [0.4, 0.5) is 18.0 Å². The summed E-state index contributed by atoms with van der Waals surface area (Å²) in [6.45, 7) is 4.86. The number of thiazole rings is 1. The van der Waals surface area contributed by atoms with Crippen LogP contribution in [0.2, 0.25) is 5.02 Å². The highest BCUT2D eigenvalue weighted by Crippen LogP contribution is 2.37. The molecular formula is C24H20ClF3N4O4S. The molecule has 2 heterocycles. The molecule has 1 aliphatic rings. The molecule has 1 aliphatic heterocycles. The second-order valence-electron chi connectivity index (χ2n) is 9.04. The fourth-order valence-corrected chi connectivity index (χ4v) is 4.68. The fourth-order valence-electron chi connectivity index (χ4n) is 3.61. The summed E-state index contributed by atoms with van der Waals surface area (Å²) in [5, 5.41) is 19.6. The highest BCUT2D eigenvalue weighted by molar-refractivity contribution is 7.10. The molecule has 0 fully saturated rings. The lowest BCUT2D eigenvalue weighted by Gasteiger charge is -2.19. The number of ether oxygens (including phenoxy) is 1. The predicted octanol–water partition coefficient (Wildman–Crippen LogP) is 4.18. The van der Waals surface area contributed by atoms with Crippen LogP contribution >= 0.6 is 22.9 Å². The number of hydrogen-bond donors (Lipinski definition) is 2. The van der Waals surface area contributed by atoms with Gasteiger partial charge in [0.05, 0.1) is 22.0 Å². The van der Waals surface area contributed by atoms with Crippen molar-refractivity contribution in [2.75, 3.05) is 5.43 Å². The number of carbonyl (C=O) groups is 1. The number of fused-ring (bicyclic) bond motifs is 1. The van der Waals surface area contributed by atoms with E-state index in [2.05, 4.69) is 15.6 Å². The Morgan fingerprint density at radius 3 is 2.59 bits per heavy atom. The van der Waals surface area contributed by atoms with Gasteiger partial charge in [0.1, 0.15) is 5.60 Å². The van der Waals surface area contributed by atoms with Crippen molar-refractivity contribution in [3.8, 4) is 5.88 Å². The molecule has 0 spiro atoms. The first kappa shape index (κ1) is 26.4. The van der Waals surface area contributed by atoms with Gasteiger partial charge in [0.25, 0.3) is 0 Å². The van der Waals surface area contributed by atoms with Gasteiger partial charge < -0.3 is 9.84 Å². The molecule has 2 N–H and O–H groups in total. The van der Waals surface area contributed by atoms with Crippen molar-refractivity contribution in [2.45, 2.75) is 39.0 Å². The van der Waals surface area contributed by atoms with Crippen LogP contribution in [0, 0.1) is 0 Å². The maximum Gasteiger partial charge on any atom is 0.427 e. The predicted molar refractivity (Wildman–Crippen MR) is 133 cm³/mol. The number of amides is 1. The van der Waals surface area contributed by atoms with E-state index >= 15 is 0 Å². The highest BCUT2D eigenvalue weighted by atomic mass is 35.5. The van der Waals surface area contributed by atoms with Crippen LogP contribution in [0.3, 0.4) is 0 Å². The molecule has 2 aromatic carbocycles. The molecule has 4 rings (SSSR count). The summed E-state index contributed by atoms with van der Waals surface area (Å²) in [4.78, 5) is 24.1. The first-order valence-electron chi connectivity index (χ1n) is 10.8. The summed E-state index contributed by atoms with van der Waals surface area (Å²) in [6, 6.07) is 8.26. The molecule has 0 unspecified atom stereocenters. The average Bonchev–Trinajstić information content (AvgIpc) is 3.36. The Morgan fingerprint density at radius 1 is 1.19 bits per heavy atom. The minimum absolute atomic E-state index is 0.0315. The monoisotopic (exact) mass is 552 g/mol. The number of carbonyl (C=O) groups excluding carboxylic acids is 1. The van der Waals surface area contributed by atoms with Crippen molar-refractivity contribution in [1.82, 2.24) is 4.68 Å². The molecule has 0 saturated heterocycles. The number of aromatic nitrogens is 1. The fraction of sp³-hybridized carbons (Fsp3) is 0.250. The summed E-state index contributed by atoms with van der Waals surface area (Å²) < 4.78 is 47.2. The van der Waals surface area contributed by atoms with E-state index in [1.807, 2.05) is 0 Å². The minimum atomic E-state index is -4.70. The maximum absolute atomic E-state index is 13.8. The Labute approximate surface area is 217 Å². The molecule has 0 atom stereocenters. The summed E-state index contributed by atoms with van der Waals surface area (Å²) in [6.07, 6.45) is -4.53. The van der Waals surface area contributed by atoms with Gasteiger partial charge >= 0.3 is 17.1 Å². The van der Waals surface area contributed by atoms with Crippen molar-refractivity contribution in [3.63, 3.8) is 0 Å². The molecule has 0 bridgehead atoms. The van der Waals surface area contributed by atoms with Crippen molar-refractivity contribution in [3.05, 3.63) is 83.2 Å². The number of benzene rings is 2. The van der Waals surface area contributed by atoms with Crippen molar-refractivity contribution in [1.29, 1.82) is 0 Å². The van der Waals surface area contributed by atoms with Crippen LogP contribution in [-0.2, 0) is 17.3 Å². The first-order chi connectivity index (χ1) is 17.2. The van der Waals surface area contributed by atoms with Gasteiger partial charge in [-0.15, -0.1) is 0 Å². The number of hydrogen-bond acceptors (Lipinski definition) is 7. The average molecular weight is 553 g/mol. The smallest absolute Gasteiger partial charge is 0.427 e. The lowest BCUT2D eigenvalue weighted by molar-refractivity contribution is -0.138. The van der Waals surface area contributed by atoms with Gasteiger partial charge in [-0.3, -0.25) is 4.79 Å². The van der Waals surface area contributed by atoms with Crippen molar-refractivity contribution < 1.29 is 27.8 Å². The van der Waals surface area contributed by atoms with Gasteiger partial charge in [-0.05, 0) is 61.4 Å². The van der Waals surface area contributed by atoms with Gasteiger partial charge in [0.2, 0.25) is 5.88 Å². The molecule has 1 aromatic heterocycles. The summed E-state index contributed by atoms with van der Waals surface area (Å²) in [5.74, 6) is -0.655.